The predicted octanol–water partition coefficient (Wildman–Crippen LogP) is 4.35. The fourth-order valence-electron chi connectivity index (χ4n) is 4.61. The SMILES string of the molecule is CCc1cc(NS(=O)(=O)CC2(CC#N)CC2)ccc1-c1cc(N(C=O)C2CC2)nc2[nH]ccc12. The zero-order valence-corrected chi connectivity index (χ0v) is 19.9. The zero-order valence-electron chi connectivity index (χ0n) is 19.0. The van der Waals surface area contributed by atoms with Crippen LogP contribution in [0, 0.1) is 16.7 Å². The first kappa shape index (κ1) is 22.4. The molecule has 2 fully saturated rings. The van der Waals surface area contributed by atoms with Crippen molar-refractivity contribution in [2.75, 3.05) is 15.4 Å². The van der Waals surface area contributed by atoms with Crippen LogP contribution in [-0.2, 0) is 21.2 Å². The van der Waals surface area contributed by atoms with E-state index in [0.29, 0.717) is 23.6 Å². The first-order chi connectivity index (χ1) is 16.4. The molecule has 0 spiro atoms. The molecule has 2 aliphatic rings. The number of H-pyrrole nitrogens is 1. The van der Waals surface area contributed by atoms with Crippen LogP contribution >= 0.6 is 0 Å². The van der Waals surface area contributed by atoms with Crippen LogP contribution in [0.5, 0.6) is 0 Å². The Morgan fingerprint density at radius 1 is 1.26 bits per heavy atom. The molecule has 0 bridgehead atoms. The Hall–Kier alpha value is -3.38. The molecule has 1 aromatic carbocycles. The van der Waals surface area contributed by atoms with Gasteiger partial charge in [0.25, 0.3) is 0 Å². The fraction of sp³-hybridized carbons (Fsp3) is 0.400. The van der Waals surface area contributed by atoms with Crippen molar-refractivity contribution < 1.29 is 13.2 Å². The highest BCUT2D eigenvalue weighted by Crippen LogP contribution is 2.49. The number of aromatic nitrogens is 2. The largest absolute Gasteiger partial charge is 0.346 e. The molecular weight excluding hydrogens is 450 g/mol. The van der Waals surface area contributed by atoms with Crippen molar-refractivity contribution in [1.82, 2.24) is 9.97 Å². The molecule has 0 atom stereocenters. The van der Waals surface area contributed by atoms with Crippen molar-refractivity contribution in [1.29, 1.82) is 5.26 Å². The number of hydrogen-bond acceptors (Lipinski definition) is 5. The number of sulfonamides is 1. The van der Waals surface area contributed by atoms with Gasteiger partial charge in [0.1, 0.15) is 11.5 Å². The second kappa shape index (κ2) is 8.44. The average molecular weight is 478 g/mol. The molecule has 2 saturated carbocycles. The Bertz CT molecular complexity index is 1400. The molecule has 2 heterocycles. The van der Waals surface area contributed by atoms with Crippen LogP contribution in [-0.4, -0.2) is 36.6 Å². The van der Waals surface area contributed by atoms with Crippen molar-refractivity contribution in [3.05, 3.63) is 42.1 Å². The molecule has 0 aliphatic heterocycles. The number of carbonyl (C=O) groups excluding carboxylic acids is 1. The maximum Gasteiger partial charge on any atom is 0.233 e. The number of nitrogens with one attached hydrogen (secondary N) is 2. The number of pyridine rings is 1. The normalized spacial score (nSPS) is 16.7. The lowest BCUT2D eigenvalue weighted by atomic mass is 9.96. The van der Waals surface area contributed by atoms with E-state index in [1.165, 1.54) is 0 Å². The van der Waals surface area contributed by atoms with Crippen LogP contribution in [0.2, 0.25) is 0 Å². The Morgan fingerprint density at radius 2 is 2.06 bits per heavy atom. The van der Waals surface area contributed by atoms with Gasteiger partial charge in [-0.2, -0.15) is 5.26 Å². The number of amides is 1. The summed E-state index contributed by atoms with van der Waals surface area (Å²) in [4.78, 5) is 21.2. The van der Waals surface area contributed by atoms with Crippen LogP contribution < -0.4 is 9.62 Å². The third-order valence-electron chi connectivity index (χ3n) is 6.79. The monoisotopic (exact) mass is 477 g/mol. The number of hydrogen-bond donors (Lipinski definition) is 2. The lowest BCUT2D eigenvalue weighted by Gasteiger charge is -2.19. The molecule has 2 N–H and O–H groups in total. The highest BCUT2D eigenvalue weighted by molar-refractivity contribution is 7.92. The van der Waals surface area contributed by atoms with E-state index in [2.05, 4.69) is 20.8 Å². The number of carbonyl (C=O) groups is 1. The van der Waals surface area contributed by atoms with Gasteiger partial charge in [0, 0.05) is 29.7 Å². The Balaban J connectivity index is 1.49. The van der Waals surface area contributed by atoms with Crippen LogP contribution in [0.15, 0.2) is 36.5 Å². The van der Waals surface area contributed by atoms with Crippen molar-refractivity contribution in [3.63, 3.8) is 0 Å². The minimum absolute atomic E-state index is 0.0306. The summed E-state index contributed by atoms with van der Waals surface area (Å²) in [5.41, 5.74) is 3.74. The van der Waals surface area contributed by atoms with E-state index in [0.717, 1.165) is 54.2 Å². The topological polar surface area (TPSA) is 119 Å². The molecule has 0 radical (unpaired) electrons. The third-order valence-corrected chi connectivity index (χ3v) is 8.33. The van der Waals surface area contributed by atoms with E-state index < -0.39 is 15.4 Å². The molecule has 34 heavy (non-hydrogen) atoms. The van der Waals surface area contributed by atoms with Crippen LogP contribution in [0.3, 0.4) is 0 Å². The molecule has 176 valence electrons. The Kier molecular flexibility index (Phi) is 5.56. The van der Waals surface area contributed by atoms with Crippen molar-refractivity contribution in [2.45, 2.75) is 51.5 Å². The summed E-state index contributed by atoms with van der Waals surface area (Å²) in [6.45, 7) is 2.03. The molecule has 2 aliphatic carbocycles. The molecule has 0 saturated heterocycles. The molecule has 0 unspecified atom stereocenters. The molecule has 1 amide bonds. The maximum absolute atomic E-state index is 12.8. The molecule has 9 heteroatoms. The molecular formula is C25H27N5O3S. The number of aromatic amines is 1. The molecule has 3 aromatic rings. The number of nitrogens with zero attached hydrogens (tertiary/aromatic N) is 3. The van der Waals surface area contributed by atoms with Gasteiger partial charge >= 0.3 is 0 Å². The summed E-state index contributed by atoms with van der Waals surface area (Å²) in [6, 6.07) is 11.8. The Morgan fingerprint density at radius 3 is 2.71 bits per heavy atom. The summed E-state index contributed by atoms with van der Waals surface area (Å²) < 4.78 is 28.3. The zero-order chi connectivity index (χ0) is 23.9. The van der Waals surface area contributed by atoms with E-state index >= 15 is 0 Å². The minimum Gasteiger partial charge on any atom is -0.346 e. The number of anilines is 2. The summed E-state index contributed by atoms with van der Waals surface area (Å²) in [7, 11) is -3.57. The van der Waals surface area contributed by atoms with Gasteiger partial charge < -0.3 is 4.98 Å². The van der Waals surface area contributed by atoms with Crippen LogP contribution in [0.25, 0.3) is 22.2 Å². The van der Waals surface area contributed by atoms with Gasteiger partial charge in [0.2, 0.25) is 16.4 Å². The smallest absolute Gasteiger partial charge is 0.233 e. The predicted molar refractivity (Wildman–Crippen MR) is 132 cm³/mol. The standard InChI is InChI=1S/C25H27N5O3S/c1-2-17-13-18(29-34(32,33)15-25(8-9-25)10-11-26)3-6-20(17)22-14-23(30(16-31)19-4-5-19)28-24-21(22)7-12-27-24/h3,6-7,12-14,16,19,29H,2,4-5,8-10,15H2,1H3,(H,27,28). The van der Waals surface area contributed by atoms with Gasteiger partial charge in [-0.3, -0.25) is 14.4 Å². The van der Waals surface area contributed by atoms with Crippen molar-refractivity contribution in [3.8, 4) is 17.2 Å². The number of rotatable bonds is 10. The average Bonchev–Trinajstić information content (AvgIpc) is 3.72. The quantitative estimate of drug-likeness (QED) is 0.421. The Labute approximate surface area is 199 Å². The van der Waals surface area contributed by atoms with E-state index in [4.69, 9.17) is 5.26 Å². The fourth-order valence-corrected chi connectivity index (χ4v) is 6.36. The number of nitriles is 1. The molecule has 5 rings (SSSR count). The maximum atomic E-state index is 12.8. The van der Waals surface area contributed by atoms with Crippen molar-refractivity contribution >= 4 is 39.0 Å². The summed E-state index contributed by atoms with van der Waals surface area (Å²) in [6.07, 6.45) is 7.14. The highest BCUT2D eigenvalue weighted by atomic mass is 32.2. The second-order valence-electron chi connectivity index (χ2n) is 9.43. The van der Waals surface area contributed by atoms with Crippen molar-refractivity contribution in [2.24, 2.45) is 5.41 Å². The lowest BCUT2D eigenvalue weighted by Crippen LogP contribution is -2.24. The van der Waals surface area contributed by atoms with Gasteiger partial charge in [-0.25, -0.2) is 13.4 Å². The molecule has 8 nitrogen and oxygen atoms in total. The molecule has 2 aromatic heterocycles. The van der Waals surface area contributed by atoms with E-state index in [1.807, 2.05) is 37.4 Å². The van der Waals surface area contributed by atoms with E-state index in [-0.39, 0.29) is 18.2 Å². The van der Waals surface area contributed by atoms with Gasteiger partial charge in [-0.15, -0.1) is 0 Å². The summed E-state index contributed by atoms with van der Waals surface area (Å²) in [5, 5.41) is 9.95. The first-order valence-corrected chi connectivity index (χ1v) is 13.2. The van der Waals surface area contributed by atoms with Crippen LogP contribution in [0.4, 0.5) is 11.5 Å². The number of fused-ring (bicyclic) bond motifs is 1. The third kappa shape index (κ3) is 4.38. The van der Waals surface area contributed by atoms with Gasteiger partial charge in [0.15, 0.2) is 0 Å². The van der Waals surface area contributed by atoms with Gasteiger partial charge in [-0.1, -0.05) is 13.0 Å². The van der Waals surface area contributed by atoms with E-state index in [9.17, 15) is 13.2 Å². The second-order valence-corrected chi connectivity index (χ2v) is 11.2. The summed E-state index contributed by atoms with van der Waals surface area (Å²) in [5.74, 6) is 0.582. The van der Waals surface area contributed by atoms with Crippen LogP contribution in [0.1, 0.15) is 44.6 Å². The first-order valence-electron chi connectivity index (χ1n) is 11.6. The number of aryl methyl sites for hydroxylation is 1. The van der Waals surface area contributed by atoms with Gasteiger partial charge in [0.05, 0.1) is 11.8 Å². The lowest BCUT2D eigenvalue weighted by molar-refractivity contribution is -0.107. The number of benzene rings is 1. The van der Waals surface area contributed by atoms with Gasteiger partial charge in [-0.05, 0) is 78.5 Å². The highest BCUT2D eigenvalue weighted by Gasteiger charge is 2.46. The van der Waals surface area contributed by atoms with E-state index in [1.54, 1.807) is 11.0 Å². The minimum atomic E-state index is -3.57. The summed E-state index contributed by atoms with van der Waals surface area (Å²) >= 11 is 0.